The van der Waals surface area contributed by atoms with Gasteiger partial charge in [-0.2, -0.15) is 0 Å². The fourth-order valence-electron chi connectivity index (χ4n) is 4.54. The highest BCUT2D eigenvalue weighted by atomic mass is 19.1. The summed E-state index contributed by atoms with van der Waals surface area (Å²) in [6, 6.07) is 7.60. The SMILES string of the molecule is CCCCCCCCCCCc1cnc(-c2ccc(OCCC(F)CCC(F)CCCCC)cc2)nc1. The summed E-state index contributed by atoms with van der Waals surface area (Å²) in [6.45, 7) is 4.65. The van der Waals surface area contributed by atoms with Gasteiger partial charge in [-0.25, -0.2) is 18.7 Å². The lowest BCUT2D eigenvalue weighted by molar-refractivity contribution is 0.199. The number of aromatic nitrogens is 2. The van der Waals surface area contributed by atoms with E-state index in [0.29, 0.717) is 24.4 Å². The Hall–Kier alpha value is -2.04. The highest BCUT2D eigenvalue weighted by molar-refractivity contribution is 5.55. The second-order valence-corrected chi connectivity index (χ2v) is 10.4. The van der Waals surface area contributed by atoms with E-state index in [-0.39, 0.29) is 19.4 Å². The van der Waals surface area contributed by atoms with Crippen LogP contribution >= 0.6 is 0 Å². The molecule has 37 heavy (non-hydrogen) atoms. The Morgan fingerprint density at radius 1 is 0.649 bits per heavy atom. The second kappa shape index (κ2) is 20.0. The normalized spacial score (nSPS) is 13.0. The number of halogens is 2. The molecule has 0 N–H and O–H groups in total. The van der Waals surface area contributed by atoms with Crippen molar-refractivity contribution in [1.82, 2.24) is 9.97 Å². The van der Waals surface area contributed by atoms with Crippen LogP contribution in [0, 0.1) is 0 Å². The van der Waals surface area contributed by atoms with Gasteiger partial charge in [-0.05, 0) is 61.9 Å². The smallest absolute Gasteiger partial charge is 0.159 e. The number of hydrogen-bond acceptors (Lipinski definition) is 3. The Balaban J connectivity index is 1.60. The molecule has 0 amide bonds. The molecule has 2 aromatic rings. The maximum absolute atomic E-state index is 14.1. The summed E-state index contributed by atoms with van der Waals surface area (Å²) in [5.41, 5.74) is 2.12. The van der Waals surface area contributed by atoms with E-state index in [1.807, 2.05) is 36.7 Å². The molecule has 0 aliphatic heterocycles. The Morgan fingerprint density at radius 3 is 1.81 bits per heavy atom. The van der Waals surface area contributed by atoms with Crippen LogP contribution in [0.5, 0.6) is 5.75 Å². The Labute approximate surface area is 224 Å². The maximum Gasteiger partial charge on any atom is 0.159 e. The molecule has 0 radical (unpaired) electrons. The highest BCUT2D eigenvalue weighted by Crippen LogP contribution is 2.21. The van der Waals surface area contributed by atoms with Gasteiger partial charge < -0.3 is 4.74 Å². The fourth-order valence-corrected chi connectivity index (χ4v) is 4.54. The molecule has 0 saturated heterocycles. The molecule has 2 atom stereocenters. The summed E-state index contributed by atoms with van der Waals surface area (Å²) >= 11 is 0. The van der Waals surface area contributed by atoms with Gasteiger partial charge in [0, 0.05) is 24.4 Å². The molecule has 2 unspecified atom stereocenters. The maximum atomic E-state index is 14.1. The van der Waals surface area contributed by atoms with Crippen LogP contribution in [0.4, 0.5) is 8.78 Å². The van der Waals surface area contributed by atoms with Gasteiger partial charge >= 0.3 is 0 Å². The van der Waals surface area contributed by atoms with Crippen LogP contribution in [0.2, 0.25) is 0 Å². The van der Waals surface area contributed by atoms with Crippen molar-refractivity contribution in [1.29, 1.82) is 0 Å². The lowest BCUT2D eigenvalue weighted by Gasteiger charge is -2.12. The van der Waals surface area contributed by atoms with Crippen LogP contribution in [0.3, 0.4) is 0 Å². The lowest BCUT2D eigenvalue weighted by atomic mass is 10.0. The van der Waals surface area contributed by atoms with E-state index in [4.69, 9.17) is 4.74 Å². The highest BCUT2D eigenvalue weighted by Gasteiger charge is 2.12. The number of alkyl halides is 2. The number of benzene rings is 1. The zero-order chi connectivity index (χ0) is 26.6. The van der Waals surface area contributed by atoms with Gasteiger partial charge in [0.15, 0.2) is 5.82 Å². The van der Waals surface area contributed by atoms with Crippen molar-refractivity contribution in [3.8, 4) is 17.1 Å². The topological polar surface area (TPSA) is 35.0 Å². The van der Waals surface area contributed by atoms with Crippen molar-refractivity contribution < 1.29 is 13.5 Å². The van der Waals surface area contributed by atoms with Crippen LogP contribution in [0.1, 0.15) is 122 Å². The van der Waals surface area contributed by atoms with Crippen molar-refractivity contribution in [2.75, 3.05) is 6.61 Å². The first-order chi connectivity index (χ1) is 18.1. The quantitative estimate of drug-likeness (QED) is 0.146. The molecule has 208 valence electrons. The molecule has 0 aliphatic rings. The van der Waals surface area contributed by atoms with E-state index in [2.05, 4.69) is 23.8 Å². The number of nitrogens with zero attached hydrogens (tertiary/aromatic N) is 2. The fraction of sp³-hybridized carbons (Fsp3) is 0.688. The van der Waals surface area contributed by atoms with E-state index >= 15 is 0 Å². The molecular weight excluding hydrogens is 466 g/mol. The third kappa shape index (κ3) is 14.5. The molecular formula is C32H50F2N2O. The summed E-state index contributed by atoms with van der Waals surface area (Å²) in [4.78, 5) is 9.09. The van der Waals surface area contributed by atoms with Crippen molar-refractivity contribution in [2.45, 2.75) is 135 Å². The van der Waals surface area contributed by atoms with Crippen LogP contribution in [-0.4, -0.2) is 28.9 Å². The first-order valence-electron chi connectivity index (χ1n) is 14.9. The standard InChI is InChI=1S/C32H50F2N2O/c1-3-5-7-8-9-10-11-12-14-15-27-25-35-32(36-26-27)28-17-21-31(22-18-28)37-24-23-30(34)20-19-29(33)16-13-6-4-2/h17-18,21-22,25-26,29-30H,3-16,19-20,23-24H2,1-2H3. The number of hydrogen-bond donors (Lipinski definition) is 0. The molecule has 1 aromatic carbocycles. The van der Waals surface area contributed by atoms with E-state index in [1.54, 1.807) is 0 Å². The van der Waals surface area contributed by atoms with E-state index in [9.17, 15) is 8.78 Å². The largest absolute Gasteiger partial charge is 0.493 e. The summed E-state index contributed by atoms with van der Waals surface area (Å²) in [5.74, 6) is 1.40. The van der Waals surface area contributed by atoms with Crippen LogP contribution in [0.15, 0.2) is 36.7 Å². The predicted molar refractivity (Wildman–Crippen MR) is 152 cm³/mol. The van der Waals surface area contributed by atoms with Crippen LogP contribution < -0.4 is 4.74 Å². The van der Waals surface area contributed by atoms with Gasteiger partial charge in [-0.1, -0.05) is 84.5 Å². The minimum absolute atomic E-state index is 0.266. The van der Waals surface area contributed by atoms with Crippen LogP contribution in [-0.2, 0) is 6.42 Å². The lowest BCUT2D eigenvalue weighted by Crippen LogP contribution is -2.10. The first-order valence-corrected chi connectivity index (χ1v) is 14.9. The third-order valence-corrected chi connectivity index (χ3v) is 7.00. The molecule has 1 aromatic heterocycles. The van der Waals surface area contributed by atoms with E-state index in [0.717, 1.165) is 31.2 Å². The van der Waals surface area contributed by atoms with E-state index in [1.165, 1.54) is 63.4 Å². The average molecular weight is 517 g/mol. The molecule has 2 rings (SSSR count). The zero-order valence-electron chi connectivity index (χ0n) is 23.4. The third-order valence-electron chi connectivity index (χ3n) is 7.00. The van der Waals surface area contributed by atoms with Crippen molar-refractivity contribution in [2.24, 2.45) is 0 Å². The van der Waals surface area contributed by atoms with Gasteiger partial charge in [0.2, 0.25) is 0 Å². The van der Waals surface area contributed by atoms with Gasteiger partial charge in [0.05, 0.1) is 6.61 Å². The Kier molecular flexibility index (Phi) is 16.8. The Bertz CT molecular complexity index is 797. The monoisotopic (exact) mass is 516 g/mol. The van der Waals surface area contributed by atoms with Crippen LogP contribution in [0.25, 0.3) is 11.4 Å². The Morgan fingerprint density at radius 2 is 1.19 bits per heavy atom. The number of rotatable bonds is 22. The van der Waals surface area contributed by atoms with Gasteiger partial charge in [-0.3, -0.25) is 0 Å². The molecule has 0 fully saturated rings. The predicted octanol–water partition coefficient (Wildman–Crippen LogP) is 10.0. The number of unbranched alkanes of at least 4 members (excludes halogenated alkanes) is 10. The number of aryl methyl sites for hydroxylation is 1. The van der Waals surface area contributed by atoms with Crippen molar-refractivity contribution >= 4 is 0 Å². The molecule has 5 heteroatoms. The number of ether oxygens (including phenoxy) is 1. The van der Waals surface area contributed by atoms with Crippen molar-refractivity contribution in [3.63, 3.8) is 0 Å². The average Bonchev–Trinajstić information content (AvgIpc) is 2.92. The molecule has 3 nitrogen and oxygen atoms in total. The van der Waals surface area contributed by atoms with Crippen molar-refractivity contribution in [3.05, 3.63) is 42.2 Å². The molecule has 0 spiro atoms. The molecule has 0 aliphatic carbocycles. The zero-order valence-corrected chi connectivity index (χ0v) is 23.4. The summed E-state index contributed by atoms with van der Waals surface area (Å²) in [7, 11) is 0. The summed E-state index contributed by atoms with van der Waals surface area (Å²) in [5, 5.41) is 0. The van der Waals surface area contributed by atoms with E-state index < -0.39 is 12.3 Å². The minimum atomic E-state index is -1.02. The minimum Gasteiger partial charge on any atom is -0.493 e. The molecule has 0 bridgehead atoms. The molecule has 0 saturated carbocycles. The van der Waals surface area contributed by atoms with Gasteiger partial charge in [0.25, 0.3) is 0 Å². The molecule has 1 heterocycles. The first kappa shape index (κ1) is 31.2. The van der Waals surface area contributed by atoms with Gasteiger partial charge in [-0.15, -0.1) is 0 Å². The summed E-state index contributed by atoms with van der Waals surface area (Å²) in [6.07, 6.45) is 19.4. The summed E-state index contributed by atoms with van der Waals surface area (Å²) < 4.78 is 33.6. The van der Waals surface area contributed by atoms with Gasteiger partial charge in [0.1, 0.15) is 18.1 Å². The second-order valence-electron chi connectivity index (χ2n) is 10.4.